The van der Waals surface area contributed by atoms with Gasteiger partial charge in [-0.1, -0.05) is 0 Å². The Balaban J connectivity index is 2.11. The molecule has 0 saturated heterocycles. The molecule has 0 amide bonds. The summed E-state index contributed by atoms with van der Waals surface area (Å²) in [5, 5.41) is 7.31. The van der Waals surface area contributed by atoms with Crippen LogP contribution in [0.15, 0.2) is 47.4 Å². The number of hydrogen-bond acceptors (Lipinski definition) is 2. The third-order valence-electron chi connectivity index (χ3n) is 2.49. The van der Waals surface area contributed by atoms with Crippen LogP contribution in [-0.2, 0) is 5.75 Å². The molecule has 0 heterocycles. The molecule has 5 heteroatoms. The van der Waals surface area contributed by atoms with Gasteiger partial charge in [-0.2, -0.15) is 0 Å². The van der Waals surface area contributed by atoms with E-state index >= 15 is 0 Å². The predicted molar refractivity (Wildman–Crippen MR) is 73.4 cm³/mol. The summed E-state index contributed by atoms with van der Waals surface area (Å²) in [7, 11) is 0. The first kappa shape index (κ1) is 13.5. The molecule has 19 heavy (non-hydrogen) atoms. The monoisotopic (exact) mass is 278 g/mol. The quantitative estimate of drug-likeness (QED) is 0.510. The van der Waals surface area contributed by atoms with E-state index in [0.29, 0.717) is 11.3 Å². The van der Waals surface area contributed by atoms with E-state index in [4.69, 9.17) is 11.1 Å². The minimum Gasteiger partial charge on any atom is -0.384 e. The molecule has 0 radical (unpaired) electrons. The number of benzene rings is 2. The van der Waals surface area contributed by atoms with Crippen molar-refractivity contribution in [2.45, 2.75) is 10.6 Å². The van der Waals surface area contributed by atoms with Crippen LogP contribution in [0.3, 0.4) is 0 Å². The number of halogens is 2. The van der Waals surface area contributed by atoms with Gasteiger partial charge in [0.25, 0.3) is 0 Å². The molecule has 0 saturated carbocycles. The SMILES string of the molecule is N=C(N)c1cc(F)cc(CSc2ccc(F)cc2)c1. The van der Waals surface area contributed by atoms with Gasteiger partial charge >= 0.3 is 0 Å². The second-order valence-corrected chi connectivity index (χ2v) is 5.05. The van der Waals surface area contributed by atoms with Crippen molar-refractivity contribution < 1.29 is 8.78 Å². The number of amidine groups is 1. The lowest BCUT2D eigenvalue weighted by atomic mass is 10.1. The first-order chi connectivity index (χ1) is 9.04. The Hall–Kier alpha value is -1.88. The highest BCUT2D eigenvalue weighted by molar-refractivity contribution is 7.98. The Labute approximate surface area is 114 Å². The van der Waals surface area contributed by atoms with E-state index < -0.39 is 5.82 Å². The Morgan fingerprint density at radius 1 is 1.05 bits per heavy atom. The van der Waals surface area contributed by atoms with E-state index in [2.05, 4.69) is 0 Å². The van der Waals surface area contributed by atoms with Crippen molar-refractivity contribution >= 4 is 17.6 Å². The minimum atomic E-state index is -0.414. The molecule has 0 bridgehead atoms. The van der Waals surface area contributed by atoms with E-state index in [0.717, 1.165) is 10.5 Å². The highest BCUT2D eigenvalue weighted by Gasteiger charge is 2.04. The normalized spacial score (nSPS) is 10.4. The van der Waals surface area contributed by atoms with Crippen LogP contribution in [0.25, 0.3) is 0 Å². The number of rotatable bonds is 4. The van der Waals surface area contributed by atoms with Gasteiger partial charge in [0.1, 0.15) is 17.5 Å². The van der Waals surface area contributed by atoms with Gasteiger partial charge in [-0.3, -0.25) is 5.41 Å². The van der Waals surface area contributed by atoms with Crippen LogP contribution in [0, 0.1) is 17.0 Å². The van der Waals surface area contributed by atoms with Crippen molar-refractivity contribution in [3.8, 4) is 0 Å². The average Bonchev–Trinajstić information content (AvgIpc) is 2.37. The summed E-state index contributed by atoms with van der Waals surface area (Å²) in [6.07, 6.45) is 0. The molecule has 0 aliphatic heterocycles. The number of nitrogen functional groups attached to an aromatic ring is 1. The fourth-order valence-electron chi connectivity index (χ4n) is 1.59. The van der Waals surface area contributed by atoms with Crippen LogP contribution < -0.4 is 5.73 Å². The molecular weight excluding hydrogens is 266 g/mol. The van der Waals surface area contributed by atoms with E-state index in [1.807, 2.05) is 0 Å². The summed E-state index contributed by atoms with van der Waals surface area (Å²) in [5.41, 5.74) is 6.45. The molecular formula is C14H12F2N2S. The van der Waals surface area contributed by atoms with Gasteiger partial charge < -0.3 is 5.73 Å². The lowest BCUT2D eigenvalue weighted by molar-refractivity contribution is 0.626. The third kappa shape index (κ3) is 3.79. The van der Waals surface area contributed by atoms with Gasteiger partial charge in [-0.25, -0.2) is 8.78 Å². The second kappa shape index (κ2) is 5.84. The van der Waals surface area contributed by atoms with E-state index in [1.54, 1.807) is 18.2 Å². The van der Waals surface area contributed by atoms with Crippen molar-refractivity contribution in [3.05, 3.63) is 65.2 Å². The van der Waals surface area contributed by atoms with Crippen molar-refractivity contribution in [2.24, 2.45) is 5.73 Å². The molecule has 0 aliphatic carbocycles. The Morgan fingerprint density at radius 3 is 2.37 bits per heavy atom. The average molecular weight is 278 g/mol. The molecule has 98 valence electrons. The Bertz CT molecular complexity index is 597. The maximum atomic E-state index is 13.4. The highest BCUT2D eigenvalue weighted by Crippen LogP contribution is 2.23. The summed E-state index contributed by atoms with van der Waals surface area (Å²) in [6.45, 7) is 0. The molecule has 2 aromatic carbocycles. The molecule has 0 atom stereocenters. The maximum absolute atomic E-state index is 13.4. The molecule has 0 aliphatic rings. The molecule has 3 N–H and O–H groups in total. The van der Waals surface area contributed by atoms with Crippen molar-refractivity contribution in [3.63, 3.8) is 0 Å². The zero-order valence-electron chi connectivity index (χ0n) is 9.99. The van der Waals surface area contributed by atoms with Crippen LogP contribution in [0.4, 0.5) is 8.78 Å². The maximum Gasteiger partial charge on any atom is 0.124 e. The number of nitrogens with two attached hydrogens (primary N) is 1. The first-order valence-corrected chi connectivity index (χ1v) is 6.55. The zero-order chi connectivity index (χ0) is 13.8. The molecule has 2 rings (SSSR count). The Morgan fingerprint density at radius 2 is 1.74 bits per heavy atom. The summed E-state index contributed by atoms with van der Waals surface area (Å²) in [6, 6.07) is 10.4. The van der Waals surface area contributed by atoms with Crippen LogP contribution in [0.2, 0.25) is 0 Å². The van der Waals surface area contributed by atoms with Gasteiger partial charge in [0.15, 0.2) is 0 Å². The molecule has 0 unspecified atom stereocenters. The van der Waals surface area contributed by atoms with Gasteiger partial charge in [-0.15, -0.1) is 11.8 Å². The smallest absolute Gasteiger partial charge is 0.124 e. The van der Waals surface area contributed by atoms with Crippen molar-refractivity contribution in [1.29, 1.82) is 5.41 Å². The van der Waals surface area contributed by atoms with Gasteiger partial charge in [0.2, 0.25) is 0 Å². The van der Waals surface area contributed by atoms with Gasteiger partial charge in [0, 0.05) is 16.2 Å². The summed E-state index contributed by atoms with van der Waals surface area (Å²) in [4.78, 5) is 0.898. The van der Waals surface area contributed by atoms with E-state index in [-0.39, 0.29) is 11.7 Å². The summed E-state index contributed by atoms with van der Waals surface area (Å²) >= 11 is 1.47. The number of hydrogen-bond donors (Lipinski definition) is 2. The molecule has 0 fully saturated rings. The van der Waals surface area contributed by atoms with E-state index in [9.17, 15) is 8.78 Å². The number of nitrogens with one attached hydrogen (secondary N) is 1. The molecule has 0 aromatic heterocycles. The fourth-order valence-corrected chi connectivity index (χ4v) is 2.42. The largest absolute Gasteiger partial charge is 0.384 e. The van der Waals surface area contributed by atoms with Crippen molar-refractivity contribution in [1.82, 2.24) is 0 Å². The van der Waals surface area contributed by atoms with Crippen molar-refractivity contribution in [2.75, 3.05) is 0 Å². The fraction of sp³-hybridized carbons (Fsp3) is 0.0714. The van der Waals surface area contributed by atoms with E-state index in [1.165, 1.54) is 36.0 Å². The standard InChI is InChI=1S/C14H12F2N2S/c15-11-1-3-13(4-2-11)19-8-9-5-10(14(17)18)7-12(16)6-9/h1-7H,8H2,(H3,17,18). The van der Waals surface area contributed by atoms with Crippen LogP contribution in [0.1, 0.15) is 11.1 Å². The third-order valence-corrected chi connectivity index (χ3v) is 3.57. The lowest BCUT2D eigenvalue weighted by Crippen LogP contribution is -2.11. The summed E-state index contributed by atoms with van der Waals surface area (Å²) < 4.78 is 26.1. The topological polar surface area (TPSA) is 49.9 Å². The molecule has 0 spiro atoms. The second-order valence-electron chi connectivity index (χ2n) is 4.00. The first-order valence-electron chi connectivity index (χ1n) is 5.57. The molecule has 2 nitrogen and oxygen atoms in total. The zero-order valence-corrected chi connectivity index (χ0v) is 10.8. The van der Waals surface area contributed by atoms with Crippen LogP contribution in [-0.4, -0.2) is 5.84 Å². The Kier molecular flexibility index (Phi) is 4.16. The van der Waals surface area contributed by atoms with Crippen LogP contribution >= 0.6 is 11.8 Å². The minimum absolute atomic E-state index is 0.160. The predicted octanol–water partition coefficient (Wildman–Crippen LogP) is 3.54. The van der Waals surface area contributed by atoms with Gasteiger partial charge in [0.05, 0.1) is 0 Å². The molecule has 2 aromatic rings. The summed E-state index contributed by atoms with van der Waals surface area (Å²) in [5.74, 6) is -0.326. The van der Waals surface area contributed by atoms with Gasteiger partial charge in [-0.05, 0) is 48.0 Å². The lowest BCUT2D eigenvalue weighted by Gasteiger charge is -2.05. The number of thioether (sulfide) groups is 1. The highest BCUT2D eigenvalue weighted by atomic mass is 32.2. The van der Waals surface area contributed by atoms with Crippen LogP contribution in [0.5, 0.6) is 0 Å².